The molecule has 0 aliphatic carbocycles. The lowest BCUT2D eigenvalue weighted by atomic mass is 10.1. The summed E-state index contributed by atoms with van der Waals surface area (Å²) in [6.07, 6.45) is 1.88. The van der Waals surface area contributed by atoms with E-state index in [0.29, 0.717) is 25.1 Å². The van der Waals surface area contributed by atoms with E-state index in [-0.39, 0.29) is 37.5 Å². The van der Waals surface area contributed by atoms with Crippen LogP contribution < -0.4 is 11.1 Å². The minimum absolute atomic E-state index is 0. The minimum Gasteiger partial charge on any atom is -0.402 e. The summed E-state index contributed by atoms with van der Waals surface area (Å²) in [5.41, 5.74) is 7.12. The largest absolute Gasteiger partial charge is 0.633 e. The van der Waals surface area contributed by atoms with Gasteiger partial charge in [0.1, 0.15) is 6.54 Å². The molecule has 1 heterocycles. The third-order valence-electron chi connectivity index (χ3n) is 4.04. The summed E-state index contributed by atoms with van der Waals surface area (Å²) >= 11 is 0. The van der Waals surface area contributed by atoms with Crippen molar-refractivity contribution in [3.63, 3.8) is 0 Å². The summed E-state index contributed by atoms with van der Waals surface area (Å²) < 4.78 is 6.03. The van der Waals surface area contributed by atoms with E-state index >= 15 is 0 Å². The number of carbonyl (C=O) groups is 1. The quantitative estimate of drug-likeness (QED) is 0.300. The van der Waals surface area contributed by atoms with E-state index in [1.807, 2.05) is 37.3 Å². The Morgan fingerprint density at radius 3 is 2.71 bits per heavy atom. The number of nitrogens with two attached hydrogens (primary N) is 1. The van der Waals surface area contributed by atoms with Crippen molar-refractivity contribution in [2.75, 3.05) is 6.61 Å². The van der Waals surface area contributed by atoms with Crippen LogP contribution in [0.3, 0.4) is 0 Å². The highest BCUT2D eigenvalue weighted by atomic mass is 35.5. The molecule has 1 unspecified atom stereocenters. The number of unbranched alkanes of at least 4 members (excludes halogenated alkanes) is 1. The molecule has 0 saturated carbocycles. The summed E-state index contributed by atoms with van der Waals surface area (Å²) in [5.74, 6) is 0.220. The zero-order valence-corrected chi connectivity index (χ0v) is 16.5. The maximum Gasteiger partial charge on any atom is 0.633 e. The van der Waals surface area contributed by atoms with E-state index in [2.05, 4.69) is 25.5 Å². The molecule has 0 aliphatic rings. The summed E-state index contributed by atoms with van der Waals surface area (Å²) in [5, 5.41) is 31.5. The summed E-state index contributed by atoms with van der Waals surface area (Å²) in [6, 6.07) is 9.09. The van der Waals surface area contributed by atoms with E-state index in [1.165, 1.54) is 4.68 Å². The van der Waals surface area contributed by atoms with Crippen LogP contribution in [0.15, 0.2) is 30.3 Å². The number of carbonyl (C=O) groups excluding carboxylic acids is 1. The number of benzene rings is 1. The standard InChI is InChI=1S/C16H25BN6O4.ClH/c1-12(13-7-3-2-4-8-13)19-15(24)11-23-16(20-21-22-23)14(18)9-5-6-10-27-17(25)26;/h2-4,7-8,12,14,25-26H,5-6,9-11,18H2,1H3,(H,19,24);1H/t12-,14?;/m1./s1. The second kappa shape index (κ2) is 12.4. The van der Waals surface area contributed by atoms with Crippen LogP contribution in [0.2, 0.25) is 0 Å². The number of rotatable bonds is 11. The number of nitrogens with one attached hydrogen (secondary N) is 1. The molecular weight excluding hydrogens is 386 g/mol. The van der Waals surface area contributed by atoms with Gasteiger partial charge in [-0.05, 0) is 42.2 Å². The highest BCUT2D eigenvalue weighted by Gasteiger charge is 2.18. The van der Waals surface area contributed by atoms with Crippen molar-refractivity contribution in [2.45, 2.75) is 44.8 Å². The zero-order valence-electron chi connectivity index (χ0n) is 15.6. The molecule has 28 heavy (non-hydrogen) atoms. The molecule has 0 bridgehead atoms. The van der Waals surface area contributed by atoms with Gasteiger partial charge in [0.15, 0.2) is 5.82 Å². The van der Waals surface area contributed by atoms with Gasteiger partial charge in [0.05, 0.1) is 12.1 Å². The van der Waals surface area contributed by atoms with Gasteiger partial charge in [-0.1, -0.05) is 30.3 Å². The monoisotopic (exact) mass is 412 g/mol. The van der Waals surface area contributed by atoms with E-state index in [4.69, 9.17) is 15.8 Å². The molecule has 0 aliphatic heterocycles. The minimum atomic E-state index is -1.76. The molecule has 10 nitrogen and oxygen atoms in total. The Kier molecular flexibility index (Phi) is 10.6. The van der Waals surface area contributed by atoms with Crippen molar-refractivity contribution < 1.29 is 19.5 Å². The van der Waals surface area contributed by atoms with Crippen LogP contribution in [0.25, 0.3) is 0 Å². The highest BCUT2D eigenvalue weighted by molar-refractivity contribution is 6.32. The summed E-state index contributed by atoms with van der Waals surface area (Å²) in [7, 11) is -1.76. The summed E-state index contributed by atoms with van der Waals surface area (Å²) in [4.78, 5) is 12.3. The number of amides is 1. The van der Waals surface area contributed by atoms with Crippen LogP contribution in [0.4, 0.5) is 0 Å². The van der Waals surface area contributed by atoms with Crippen LogP contribution in [-0.2, 0) is 16.0 Å². The molecule has 1 aromatic heterocycles. The Balaban J connectivity index is 0.00000392. The topological polar surface area (TPSA) is 148 Å². The fraction of sp³-hybridized carbons (Fsp3) is 0.500. The molecule has 0 radical (unpaired) electrons. The average molecular weight is 413 g/mol. The van der Waals surface area contributed by atoms with Crippen molar-refractivity contribution in [3.05, 3.63) is 41.7 Å². The van der Waals surface area contributed by atoms with Crippen molar-refractivity contribution in [1.82, 2.24) is 25.5 Å². The average Bonchev–Trinajstić information content (AvgIpc) is 3.09. The van der Waals surface area contributed by atoms with Crippen LogP contribution in [0.1, 0.15) is 49.7 Å². The van der Waals surface area contributed by atoms with Gasteiger partial charge in [-0.3, -0.25) is 4.79 Å². The second-order valence-corrected chi connectivity index (χ2v) is 6.19. The SMILES string of the molecule is C[C@@H](NC(=O)Cn1nnnc1C(N)CCCCOB(O)O)c1ccccc1.Cl. The summed E-state index contributed by atoms with van der Waals surface area (Å²) in [6.45, 7) is 2.10. The first-order chi connectivity index (χ1) is 13.0. The Morgan fingerprint density at radius 1 is 1.32 bits per heavy atom. The molecule has 1 amide bonds. The zero-order chi connectivity index (χ0) is 19.6. The lowest BCUT2D eigenvalue weighted by Crippen LogP contribution is -2.31. The first-order valence-corrected chi connectivity index (χ1v) is 8.81. The molecule has 1 aromatic carbocycles. The van der Waals surface area contributed by atoms with Crippen LogP contribution >= 0.6 is 12.4 Å². The normalized spacial score (nSPS) is 12.7. The number of hydrogen-bond donors (Lipinski definition) is 4. The third-order valence-corrected chi connectivity index (χ3v) is 4.04. The van der Waals surface area contributed by atoms with Gasteiger partial charge in [-0.15, -0.1) is 17.5 Å². The number of hydrogen-bond acceptors (Lipinski definition) is 8. The van der Waals surface area contributed by atoms with Crippen LogP contribution in [-0.4, -0.2) is 50.1 Å². The number of aromatic nitrogens is 4. The molecule has 0 saturated heterocycles. The van der Waals surface area contributed by atoms with Gasteiger partial charge in [-0.25, -0.2) is 4.68 Å². The fourth-order valence-electron chi connectivity index (χ4n) is 2.62. The number of halogens is 1. The fourth-order valence-corrected chi connectivity index (χ4v) is 2.62. The van der Waals surface area contributed by atoms with Gasteiger partial charge >= 0.3 is 7.32 Å². The van der Waals surface area contributed by atoms with E-state index in [9.17, 15) is 4.79 Å². The van der Waals surface area contributed by atoms with Crippen LogP contribution in [0, 0.1) is 0 Å². The van der Waals surface area contributed by atoms with Gasteiger partial charge < -0.3 is 25.8 Å². The van der Waals surface area contributed by atoms with Crippen molar-refractivity contribution in [1.29, 1.82) is 0 Å². The van der Waals surface area contributed by atoms with E-state index in [0.717, 1.165) is 5.56 Å². The Hall–Kier alpha value is -2.05. The maximum absolute atomic E-state index is 12.3. The molecular formula is C16H26BClN6O4. The first-order valence-electron chi connectivity index (χ1n) is 8.81. The predicted molar refractivity (Wildman–Crippen MR) is 105 cm³/mol. The molecule has 2 aromatic rings. The molecule has 12 heteroatoms. The second-order valence-electron chi connectivity index (χ2n) is 6.19. The third kappa shape index (κ3) is 7.91. The molecule has 0 spiro atoms. The van der Waals surface area contributed by atoms with E-state index in [1.54, 1.807) is 0 Å². The van der Waals surface area contributed by atoms with Crippen LogP contribution in [0.5, 0.6) is 0 Å². The molecule has 2 atom stereocenters. The number of tetrazole rings is 1. The molecule has 0 fully saturated rings. The Labute approximate surface area is 170 Å². The van der Waals surface area contributed by atoms with Gasteiger partial charge in [0.2, 0.25) is 5.91 Å². The first kappa shape index (κ1) is 24.0. The lowest BCUT2D eigenvalue weighted by Gasteiger charge is -2.15. The van der Waals surface area contributed by atoms with Gasteiger partial charge in [0.25, 0.3) is 0 Å². The lowest BCUT2D eigenvalue weighted by molar-refractivity contribution is -0.122. The smallest absolute Gasteiger partial charge is 0.402 e. The Bertz CT molecular complexity index is 705. The van der Waals surface area contributed by atoms with Crippen molar-refractivity contribution in [3.8, 4) is 0 Å². The predicted octanol–water partition coefficient (Wildman–Crippen LogP) is 0.129. The van der Waals surface area contributed by atoms with E-state index < -0.39 is 13.4 Å². The van der Waals surface area contributed by atoms with Gasteiger partial charge in [0, 0.05) is 6.61 Å². The van der Waals surface area contributed by atoms with Crippen molar-refractivity contribution >= 4 is 25.6 Å². The number of nitrogens with zero attached hydrogens (tertiary/aromatic N) is 4. The van der Waals surface area contributed by atoms with Crippen molar-refractivity contribution in [2.24, 2.45) is 5.73 Å². The Morgan fingerprint density at radius 2 is 2.04 bits per heavy atom. The van der Waals surface area contributed by atoms with Gasteiger partial charge in [-0.2, -0.15) is 0 Å². The highest BCUT2D eigenvalue weighted by Crippen LogP contribution is 2.14. The molecule has 5 N–H and O–H groups in total. The molecule has 2 rings (SSSR count). The maximum atomic E-state index is 12.3. The molecule has 154 valence electrons.